The summed E-state index contributed by atoms with van der Waals surface area (Å²) in [7, 11) is 0. The van der Waals surface area contributed by atoms with Gasteiger partial charge >= 0.3 is 0 Å². The molecule has 0 nitrogen and oxygen atoms in total. The molecular weight excluding hydrogens is 512 g/mol. The molecule has 0 aromatic carbocycles. The molecule has 0 aromatic rings. The Kier molecular flexibility index (Phi) is 2.38. The van der Waals surface area contributed by atoms with Crippen LogP contribution < -0.4 is 0 Å². The molecule has 6 aliphatic carbocycles. The molecule has 0 amide bonds. The smallest absolute Gasteiger partial charge is 0.0458 e. The van der Waals surface area contributed by atoms with E-state index < -0.39 is 0 Å². The third kappa shape index (κ3) is 1.10. The van der Waals surface area contributed by atoms with Gasteiger partial charge in [-0.2, -0.15) is 0 Å². The van der Waals surface area contributed by atoms with Crippen LogP contribution in [0.4, 0.5) is 0 Å². The molecule has 0 aromatic heterocycles. The standard InChI is InChI=1S/C16H14Br4/c17-15(18)13-5-2-6-10-8-3-1-4(11(13)7(3)9(5)10)12(8)14(6)16(19)20/h3-12H,1-2H2. The SMILES string of the molecule is BrC(Br)=C1C2CC3C(=C(Br)Br)C4C5CC6C(C15)C2C3C64. The van der Waals surface area contributed by atoms with Crippen molar-refractivity contribution in [2.45, 2.75) is 12.8 Å². The lowest BCUT2D eigenvalue weighted by Crippen LogP contribution is -2.29. The Hall–Kier alpha value is 1.40. The van der Waals surface area contributed by atoms with Crippen LogP contribution in [0.2, 0.25) is 0 Å². The maximum Gasteiger partial charge on any atom is 0.0602 e. The Morgan fingerprint density at radius 1 is 0.650 bits per heavy atom. The Morgan fingerprint density at radius 3 is 1.60 bits per heavy atom. The second-order valence-corrected chi connectivity index (χ2v) is 13.1. The van der Waals surface area contributed by atoms with E-state index in [1.165, 1.54) is 19.6 Å². The van der Waals surface area contributed by atoms with Crippen molar-refractivity contribution >= 4 is 63.7 Å². The van der Waals surface area contributed by atoms with Crippen LogP contribution in [0.1, 0.15) is 12.8 Å². The molecule has 0 radical (unpaired) electrons. The molecule has 106 valence electrons. The van der Waals surface area contributed by atoms with Crippen LogP contribution in [0.25, 0.3) is 0 Å². The molecule has 6 saturated carbocycles. The fourth-order valence-corrected chi connectivity index (χ4v) is 10.5. The van der Waals surface area contributed by atoms with Crippen LogP contribution >= 0.6 is 63.7 Å². The zero-order valence-electron chi connectivity index (χ0n) is 10.7. The molecule has 0 heterocycles. The fraction of sp³-hybridized carbons (Fsp3) is 0.750. The number of hydrogen-bond acceptors (Lipinski definition) is 0. The molecule has 6 rings (SSSR count). The lowest BCUT2D eigenvalue weighted by Gasteiger charge is -2.35. The molecule has 0 N–H and O–H groups in total. The predicted octanol–water partition coefficient (Wildman–Crippen LogP) is 6.01. The summed E-state index contributed by atoms with van der Waals surface area (Å²) in [6.07, 6.45) is 2.94. The molecule has 20 heavy (non-hydrogen) atoms. The highest BCUT2D eigenvalue weighted by Gasteiger charge is 2.80. The Bertz CT molecular complexity index is 562. The Labute approximate surface area is 152 Å². The number of halogens is 4. The minimum Gasteiger partial charge on any atom is -0.0458 e. The third-order valence-electron chi connectivity index (χ3n) is 8.01. The Morgan fingerprint density at radius 2 is 1.15 bits per heavy atom. The molecule has 8 atom stereocenters. The van der Waals surface area contributed by atoms with E-state index >= 15 is 0 Å². The largest absolute Gasteiger partial charge is 0.0602 e. The van der Waals surface area contributed by atoms with Gasteiger partial charge in [0.25, 0.3) is 0 Å². The van der Waals surface area contributed by atoms with Crippen LogP contribution in [-0.2, 0) is 0 Å². The number of hydrogen-bond donors (Lipinski definition) is 0. The van der Waals surface area contributed by atoms with E-state index in [2.05, 4.69) is 63.7 Å². The van der Waals surface area contributed by atoms with E-state index in [9.17, 15) is 0 Å². The van der Waals surface area contributed by atoms with E-state index in [-0.39, 0.29) is 0 Å². The summed E-state index contributed by atoms with van der Waals surface area (Å²) in [5, 5.41) is 0. The van der Waals surface area contributed by atoms with Gasteiger partial charge < -0.3 is 0 Å². The van der Waals surface area contributed by atoms with Gasteiger partial charge in [0.15, 0.2) is 0 Å². The number of rotatable bonds is 0. The van der Waals surface area contributed by atoms with Crippen molar-refractivity contribution in [2.24, 2.45) is 59.2 Å². The second-order valence-electron chi connectivity index (χ2n) is 7.80. The highest BCUT2D eigenvalue weighted by molar-refractivity contribution is 9.28. The maximum atomic E-state index is 3.80. The van der Waals surface area contributed by atoms with Crippen molar-refractivity contribution in [1.82, 2.24) is 0 Å². The first-order valence-corrected chi connectivity index (χ1v) is 10.9. The summed E-state index contributed by atoms with van der Waals surface area (Å²) in [6.45, 7) is 0. The van der Waals surface area contributed by atoms with Crippen LogP contribution in [0.3, 0.4) is 0 Å². The van der Waals surface area contributed by atoms with Gasteiger partial charge in [0.1, 0.15) is 0 Å². The van der Waals surface area contributed by atoms with Gasteiger partial charge in [0.05, 0.1) is 6.78 Å². The lowest BCUT2D eigenvalue weighted by molar-refractivity contribution is 0.217. The first kappa shape index (κ1) is 12.8. The predicted molar refractivity (Wildman–Crippen MR) is 93.9 cm³/mol. The van der Waals surface area contributed by atoms with Crippen molar-refractivity contribution in [3.63, 3.8) is 0 Å². The van der Waals surface area contributed by atoms with Crippen molar-refractivity contribution in [3.8, 4) is 0 Å². The van der Waals surface area contributed by atoms with E-state index in [4.69, 9.17) is 0 Å². The maximum absolute atomic E-state index is 3.80. The first-order chi connectivity index (χ1) is 9.61. The van der Waals surface area contributed by atoms with Crippen LogP contribution in [0, 0.1) is 59.2 Å². The second kappa shape index (κ2) is 3.72. The average molecular weight is 526 g/mol. The summed E-state index contributed by atoms with van der Waals surface area (Å²) in [6, 6.07) is 0. The van der Waals surface area contributed by atoms with Gasteiger partial charge in [-0.15, -0.1) is 0 Å². The minimum atomic E-state index is 0.875. The molecule has 0 saturated heterocycles. The van der Waals surface area contributed by atoms with E-state index in [0.717, 1.165) is 59.2 Å². The van der Waals surface area contributed by atoms with Crippen LogP contribution in [0.5, 0.6) is 0 Å². The molecule has 6 aliphatic rings. The zero-order valence-corrected chi connectivity index (χ0v) is 17.0. The van der Waals surface area contributed by atoms with Crippen molar-refractivity contribution in [1.29, 1.82) is 0 Å². The fourth-order valence-electron chi connectivity index (χ4n) is 8.30. The normalized spacial score (nSPS) is 62.4. The molecule has 4 heteroatoms. The molecule has 0 spiro atoms. The summed E-state index contributed by atoms with van der Waals surface area (Å²) < 4.78 is 2.61. The molecule has 2 bridgehead atoms. The quantitative estimate of drug-likeness (QED) is 0.363. The third-order valence-corrected chi connectivity index (χ3v) is 9.84. The first-order valence-electron chi connectivity index (χ1n) is 7.71. The summed E-state index contributed by atoms with van der Waals surface area (Å²) in [5.41, 5.74) is 3.57. The van der Waals surface area contributed by atoms with Crippen molar-refractivity contribution in [3.05, 3.63) is 17.9 Å². The van der Waals surface area contributed by atoms with Gasteiger partial charge in [-0.05, 0) is 147 Å². The average Bonchev–Trinajstić information content (AvgIpc) is 3.07. The number of allylic oxidation sites excluding steroid dienone is 2. The van der Waals surface area contributed by atoms with Crippen molar-refractivity contribution < 1.29 is 0 Å². The number of fused-ring (bicyclic) bond motifs is 3. The molecule has 8 unspecified atom stereocenters. The van der Waals surface area contributed by atoms with Gasteiger partial charge in [-0.3, -0.25) is 0 Å². The Balaban J connectivity index is 1.67. The van der Waals surface area contributed by atoms with E-state index in [1.807, 2.05) is 0 Å². The van der Waals surface area contributed by atoms with Gasteiger partial charge in [-0.1, -0.05) is 0 Å². The minimum absolute atomic E-state index is 0.875. The molecule has 6 fully saturated rings. The van der Waals surface area contributed by atoms with E-state index in [0.29, 0.717) is 0 Å². The van der Waals surface area contributed by atoms with Gasteiger partial charge in [0, 0.05) is 0 Å². The molecule has 0 aliphatic heterocycles. The van der Waals surface area contributed by atoms with E-state index in [1.54, 1.807) is 11.1 Å². The highest BCUT2D eigenvalue weighted by Crippen LogP contribution is 2.85. The monoisotopic (exact) mass is 522 g/mol. The van der Waals surface area contributed by atoms with Crippen LogP contribution in [-0.4, -0.2) is 0 Å². The topological polar surface area (TPSA) is 0 Å². The zero-order chi connectivity index (χ0) is 13.5. The highest BCUT2D eigenvalue weighted by atomic mass is 79.9. The van der Waals surface area contributed by atoms with Crippen molar-refractivity contribution in [2.75, 3.05) is 0 Å². The molecular formula is C16H14Br4. The summed E-state index contributed by atoms with van der Waals surface area (Å²) in [5.74, 6) is 9.69. The summed E-state index contributed by atoms with van der Waals surface area (Å²) in [4.78, 5) is 0. The summed E-state index contributed by atoms with van der Waals surface area (Å²) >= 11 is 15.2. The lowest BCUT2D eigenvalue weighted by atomic mass is 9.70. The van der Waals surface area contributed by atoms with Gasteiger partial charge in [0.2, 0.25) is 0 Å². The van der Waals surface area contributed by atoms with Crippen LogP contribution in [0.15, 0.2) is 17.9 Å². The van der Waals surface area contributed by atoms with Gasteiger partial charge in [-0.25, -0.2) is 0 Å².